The van der Waals surface area contributed by atoms with Gasteiger partial charge < -0.3 is 16.0 Å². The Morgan fingerprint density at radius 3 is 2.80 bits per heavy atom. The molecule has 0 saturated carbocycles. The average molecular weight is 324 g/mol. The van der Waals surface area contributed by atoms with Crippen LogP contribution >= 0.6 is 24.8 Å². The van der Waals surface area contributed by atoms with E-state index in [1.807, 2.05) is 6.07 Å². The Labute approximate surface area is 130 Å². The Hall–Kier alpha value is -0.880. The first-order chi connectivity index (χ1) is 8.59. The van der Waals surface area contributed by atoms with Gasteiger partial charge in [-0.05, 0) is 24.6 Å². The molecule has 4 nitrogen and oxygen atoms in total. The van der Waals surface area contributed by atoms with Crippen molar-refractivity contribution in [2.24, 2.45) is 5.73 Å². The third kappa shape index (κ3) is 4.31. The molecule has 1 unspecified atom stereocenters. The highest BCUT2D eigenvalue weighted by Crippen LogP contribution is 2.23. The third-order valence-electron chi connectivity index (χ3n) is 3.15. The van der Waals surface area contributed by atoms with Gasteiger partial charge in [-0.2, -0.15) is 0 Å². The minimum absolute atomic E-state index is 0. The third-order valence-corrected chi connectivity index (χ3v) is 3.15. The molecule has 0 bridgehead atoms. The van der Waals surface area contributed by atoms with Gasteiger partial charge in [-0.1, -0.05) is 12.1 Å². The van der Waals surface area contributed by atoms with Crippen LogP contribution in [0.15, 0.2) is 24.3 Å². The van der Waals surface area contributed by atoms with E-state index in [1.54, 1.807) is 17.9 Å². The molecule has 20 heavy (non-hydrogen) atoms. The number of benzene rings is 1. The summed E-state index contributed by atoms with van der Waals surface area (Å²) in [6, 6.07) is 5.69. The monoisotopic (exact) mass is 323 g/mol. The fourth-order valence-electron chi connectivity index (χ4n) is 2.24. The number of carbonyl (C=O) groups is 1. The summed E-state index contributed by atoms with van der Waals surface area (Å²) in [5.74, 6) is -0.378. The van der Waals surface area contributed by atoms with E-state index in [9.17, 15) is 9.18 Å². The Morgan fingerprint density at radius 1 is 1.50 bits per heavy atom. The van der Waals surface area contributed by atoms with Crippen molar-refractivity contribution in [3.8, 4) is 0 Å². The van der Waals surface area contributed by atoms with Gasteiger partial charge in [0.15, 0.2) is 0 Å². The van der Waals surface area contributed by atoms with Gasteiger partial charge in [0, 0.05) is 19.6 Å². The maximum absolute atomic E-state index is 13.3. The van der Waals surface area contributed by atoms with Crippen LogP contribution in [0.2, 0.25) is 0 Å². The van der Waals surface area contributed by atoms with E-state index in [2.05, 4.69) is 5.32 Å². The SMILES string of the molecule is C[C@@H](N)C(=O)N1CCNCC1c1cccc(F)c1.Cl.Cl. The van der Waals surface area contributed by atoms with Gasteiger partial charge in [0.05, 0.1) is 12.1 Å². The molecule has 1 fully saturated rings. The highest BCUT2D eigenvalue weighted by molar-refractivity contribution is 5.85. The van der Waals surface area contributed by atoms with Crippen molar-refractivity contribution in [1.29, 1.82) is 0 Å². The zero-order chi connectivity index (χ0) is 13.1. The molecule has 0 aliphatic carbocycles. The Morgan fingerprint density at radius 2 is 2.20 bits per heavy atom. The number of nitrogens with one attached hydrogen (secondary N) is 1. The van der Waals surface area contributed by atoms with Crippen LogP contribution in [0.4, 0.5) is 4.39 Å². The number of amides is 1. The zero-order valence-electron chi connectivity index (χ0n) is 11.2. The maximum Gasteiger partial charge on any atom is 0.239 e. The van der Waals surface area contributed by atoms with Gasteiger partial charge in [0.1, 0.15) is 5.82 Å². The van der Waals surface area contributed by atoms with Crippen LogP contribution in [0.5, 0.6) is 0 Å². The van der Waals surface area contributed by atoms with Crippen molar-refractivity contribution in [3.05, 3.63) is 35.6 Å². The molecule has 0 spiro atoms. The highest BCUT2D eigenvalue weighted by Gasteiger charge is 2.29. The van der Waals surface area contributed by atoms with Gasteiger partial charge >= 0.3 is 0 Å². The number of halogens is 3. The summed E-state index contributed by atoms with van der Waals surface area (Å²) >= 11 is 0. The second kappa shape index (κ2) is 8.42. The number of carbonyl (C=O) groups excluding carboxylic acids is 1. The van der Waals surface area contributed by atoms with Crippen LogP contribution in [-0.2, 0) is 4.79 Å². The van der Waals surface area contributed by atoms with Crippen LogP contribution in [0.25, 0.3) is 0 Å². The van der Waals surface area contributed by atoms with Crippen molar-refractivity contribution in [2.45, 2.75) is 19.0 Å². The Bertz CT molecular complexity index is 445. The summed E-state index contributed by atoms with van der Waals surface area (Å²) in [4.78, 5) is 13.8. The predicted molar refractivity (Wildman–Crippen MR) is 81.9 cm³/mol. The van der Waals surface area contributed by atoms with E-state index in [1.165, 1.54) is 12.1 Å². The molecule has 3 N–H and O–H groups in total. The normalized spacial score (nSPS) is 19.6. The number of rotatable bonds is 2. The molecule has 0 aromatic heterocycles. The molecule has 1 saturated heterocycles. The van der Waals surface area contributed by atoms with Crippen molar-refractivity contribution >= 4 is 30.7 Å². The molecule has 7 heteroatoms. The Kier molecular flexibility index (Phi) is 8.05. The molecule has 1 aromatic carbocycles. The number of hydrogen-bond acceptors (Lipinski definition) is 3. The molecule has 1 heterocycles. The van der Waals surface area contributed by atoms with Crippen LogP contribution in [0.3, 0.4) is 0 Å². The van der Waals surface area contributed by atoms with Crippen molar-refractivity contribution < 1.29 is 9.18 Å². The summed E-state index contributed by atoms with van der Waals surface area (Å²) in [5.41, 5.74) is 6.45. The molecule has 1 aliphatic heterocycles. The number of hydrogen-bond donors (Lipinski definition) is 2. The van der Waals surface area contributed by atoms with Crippen molar-refractivity contribution in [2.75, 3.05) is 19.6 Å². The van der Waals surface area contributed by atoms with Gasteiger partial charge in [0.25, 0.3) is 0 Å². The number of piperazine rings is 1. The lowest BCUT2D eigenvalue weighted by atomic mass is 10.0. The van der Waals surface area contributed by atoms with Crippen LogP contribution in [-0.4, -0.2) is 36.5 Å². The average Bonchev–Trinajstić information content (AvgIpc) is 2.38. The predicted octanol–water partition coefficient (Wildman–Crippen LogP) is 1.49. The van der Waals surface area contributed by atoms with Crippen LogP contribution in [0.1, 0.15) is 18.5 Å². The smallest absolute Gasteiger partial charge is 0.239 e. The largest absolute Gasteiger partial charge is 0.332 e. The number of nitrogens with zero attached hydrogens (tertiary/aromatic N) is 1. The summed E-state index contributed by atoms with van der Waals surface area (Å²) in [5, 5.41) is 3.22. The molecule has 1 amide bonds. The van der Waals surface area contributed by atoms with Crippen LogP contribution in [0, 0.1) is 5.82 Å². The van der Waals surface area contributed by atoms with Gasteiger partial charge in [-0.25, -0.2) is 4.39 Å². The lowest BCUT2D eigenvalue weighted by Gasteiger charge is -2.37. The molecular formula is C13H20Cl2FN3O. The standard InChI is InChI=1S/C13H18FN3O.2ClH/c1-9(15)13(18)17-6-5-16-8-12(17)10-3-2-4-11(14)7-10;;/h2-4,7,9,12,16H,5-6,8,15H2,1H3;2*1H/t9-,12?;;/m1../s1. The van der Waals surface area contributed by atoms with Gasteiger partial charge in [-0.15, -0.1) is 24.8 Å². The fraction of sp³-hybridized carbons (Fsp3) is 0.462. The Balaban J connectivity index is 0.00000180. The lowest BCUT2D eigenvalue weighted by molar-refractivity contribution is -0.135. The zero-order valence-corrected chi connectivity index (χ0v) is 12.8. The maximum atomic E-state index is 13.3. The summed E-state index contributed by atoms with van der Waals surface area (Å²) < 4.78 is 13.3. The van der Waals surface area contributed by atoms with E-state index >= 15 is 0 Å². The minimum Gasteiger partial charge on any atom is -0.332 e. The first-order valence-corrected chi connectivity index (χ1v) is 6.12. The van der Waals surface area contributed by atoms with E-state index < -0.39 is 6.04 Å². The van der Waals surface area contributed by atoms with E-state index in [4.69, 9.17) is 5.73 Å². The van der Waals surface area contributed by atoms with Crippen molar-refractivity contribution in [1.82, 2.24) is 10.2 Å². The minimum atomic E-state index is -0.529. The molecule has 1 aliphatic rings. The second-order valence-corrected chi connectivity index (χ2v) is 4.60. The van der Waals surface area contributed by atoms with E-state index in [-0.39, 0.29) is 42.6 Å². The highest BCUT2D eigenvalue weighted by atomic mass is 35.5. The molecule has 2 rings (SSSR count). The number of nitrogens with two attached hydrogens (primary N) is 1. The van der Waals surface area contributed by atoms with Gasteiger partial charge in [0.2, 0.25) is 5.91 Å². The second-order valence-electron chi connectivity index (χ2n) is 4.60. The topological polar surface area (TPSA) is 58.4 Å². The quantitative estimate of drug-likeness (QED) is 0.867. The summed E-state index contributed by atoms with van der Waals surface area (Å²) in [6.07, 6.45) is 0. The molecular weight excluding hydrogens is 304 g/mol. The van der Waals surface area contributed by atoms with Gasteiger partial charge in [-0.3, -0.25) is 4.79 Å². The van der Waals surface area contributed by atoms with E-state index in [0.29, 0.717) is 13.1 Å². The molecule has 2 atom stereocenters. The molecule has 0 radical (unpaired) electrons. The lowest BCUT2D eigenvalue weighted by Crippen LogP contribution is -2.52. The summed E-state index contributed by atoms with van der Waals surface area (Å²) in [6.45, 7) is 3.64. The first-order valence-electron chi connectivity index (χ1n) is 6.12. The van der Waals surface area contributed by atoms with Crippen molar-refractivity contribution in [3.63, 3.8) is 0 Å². The fourth-order valence-corrected chi connectivity index (χ4v) is 2.24. The summed E-state index contributed by atoms with van der Waals surface area (Å²) in [7, 11) is 0. The molecule has 1 aromatic rings. The van der Waals surface area contributed by atoms with Crippen LogP contribution < -0.4 is 11.1 Å². The van der Waals surface area contributed by atoms with E-state index in [0.717, 1.165) is 12.1 Å². The molecule has 114 valence electrons. The first kappa shape index (κ1) is 19.1.